The first-order valence-electron chi connectivity index (χ1n) is 9.29. The SMILES string of the molecule is COc1ccc(OC)c(S(=O)(=O)NCc2nc(-c3ccc(C(C)(C)C)cc3)no2)c1. The van der Waals surface area contributed by atoms with Gasteiger partial charge in [-0.15, -0.1) is 0 Å². The molecule has 160 valence electrons. The van der Waals surface area contributed by atoms with Crippen molar-refractivity contribution in [3.05, 3.63) is 53.9 Å². The summed E-state index contributed by atoms with van der Waals surface area (Å²) in [6.07, 6.45) is 0. The summed E-state index contributed by atoms with van der Waals surface area (Å²) in [5.41, 5.74) is 2.02. The van der Waals surface area contributed by atoms with Crippen molar-refractivity contribution in [2.75, 3.05) is 14.2 Å². The second kappa shape index (κ2) is 8.45. The molecule has 1 aromatic heterocycles. The fraction of sp³-hybridized carbons (Fsp3) is 0.333. The van der Waals surface area contributed by atoms with Gasteiger partial charge in [0.15, 0.2) is 0 Å². The van der Waals surface area contributed by atoms with Crippen molar-refractivity contribution < 1.29 is 22.4 Å². The molecule has 3 aromatic rings. The Kier molecular flexibility index (Phi) is 6.14. The lowest BCUT2D eigenvalue weighted by molar-refractivity contribution is 0.375. The van der Waals surface area contributed by atoms with Gasteiger partial charge in [0.25, 0.3) is 0 Å². The van der Waals surface area contributed by atoms with E-state index in [1.54, 1.807) is 6.07 Å². The number of benzene rings is 2. The number of sulfonamides is 1. The third-order valence-corrected chi connectivity index (χ3v) is 5.97. The zero-order chi connectivity index (χ0) is 21.9. The lowest BCUT2D eigenvalue weighted by atomic mass is 9.87. The summed E-state index contributed by atoms with van der Waals surface area (Å²) in [4.78, 5) is 4.24. The predicted octanol–water partition coefficient (Wildman–Crippen LogP) is 3.53. The van der Waals surface area contributed by atoms with Gasteiger partial charge in [-0.2, -0.15) is 4.98 Å². The standard InChI is InChI=1S/C21H25N3O5S/c1-21(2,3)15-8-6-14(7-9-15)20-23-19(29-24-20)13-22-30(25,26)18-12-16(27-4)10-11-17(18)28-5/h6-12,22H,13H2,1-5H3. The van der Waals surface area contributed by atoms with Gasteiger partial charge >= 0.3 is 0 Å². The molecule has 0 atom stereocenters. The van der Waals surface area contributed by atoms with E-state index in [0.717, 1.165) is 5.56 Å². The minimum absolute atomic E-state index is 0.0399. The van der Waals surface area contributed by atoms with Crippen molar-refractivity contribution in [3.8, 4) is 22.9 Å². The molecule has 0 radical (unpaired) electrons. The molecule has 0 spiro atoms. The normalized spacial score (nSPS) is 12.0. The molecular formula is C21H25N3O5S. The molecule has 0 amide bonds. The van der Waals surface area contributed by atoms with Crippen molar-refractivity contribution in [1.29, 1.82) is 0 Å². The zero-order valence-electron chi connectivity index (χ0n) is 17.6. The van der Waals surface area contributed by atoms with E-state index in [-0.39, 0.29) is 28.5 Å². The second-order valence-electron chi connectivity index (χ2n) is 7.68. The van der Waals surface area contributed by atoms with Crippen LogP contribution >= 0.6 is 0 Å². The van der Waals surface area contributed by atoms with Gasteiger partial charge in [-0.05, 0) is 23.1 Å². The van der Waals surface area contributed by atoms with Crippen LogP contribution < -0.4 is 14.2 Å². The molecule has 2 aromatic carbocycles. The first-order valence-corrected chi connectivity index (χ1v) is 10.8. The number of nitrogens with one attached hydrogen (secondary N) is 1. The Bertz CT molecular complexity index is 1120. The van der Waals surface area contributed by atoms with E-state index < -0.39 is 10.0 Å². The molecule has 0 fully saturated rings. The van der Waals surface area contributed by atoms with E-state index in [1.807, 2.05) is 24.3 Å². The summed E-state index contributed by atoms with van der Waals surface area (Å²) in [5.74, 6) is 1.14. The van der Waals surface area contributed by atoms with E-state index in [0.29, 0.717) is 11.6 Å². The van der Waals surface area contributed by atoms with E-state index >= 15 is 0 Å². The Balaban J connectivity index is 1.75. The lowest BCUT2D eigenvalue weighted by Crippen LogP contribution is -2.24. The number of hydrogen-bond acceptors (Lipinski definition) is 7. The van der Waals surface area contributed by atoms with Crippen LogP contribution in [0.1, 0.15) is 32.2 Å². The number of aromatic nitrogens is 2. The fourth-order valence-electron chi connectivity index (χ4n) is 2.79. The minimum Gasteiger partial charge on any atom is -0.497 e. The molecule has 0 saturated carbocycles. The number of nitrogens with zero attached hydrogens (tertiary/aromatic N) is 2. The first-order chi connectivity index (χ1) is 14.1. The Morgan fingerprint density at radius 2 is 1.73 bits per heavy atom. The Labute approximate surface area is 176 Å². The third-order valence-electron chi connectivity index (χ3n) is 4.55. The zero-order valence-corrected chi connectivity index (χ0v) is 18.4. The Morgan fingerprint density at radius 1 is 1.03 bits per heavy atom. The van der Waals surface area contributed by atoms with Crippen LogP contribution in [0.4, 0.5) is 0 Å². The summed E-state index contributed by atoms with van der Waals surface area (Å²) in [5, 5.41) is 3.95. The summed E-state index contributed by atoms with van der Waals surface area (Å²) in [7, 11) is -1.04. The molecule has 0 aliphatic rings. The monoisotopic (exact) mass is 431 g/mol. The van der Waals surface area contributed by atoms with Gasteiger partial charge < -0.3 is 14.0 Å². The van der Waals surface area contributed by atoms with Crippen LogP contribution in [0.5, 0.6) is 11.5 Å². The molecule has 0 unspecified atom stereocenters. The lowest BCUT2D eigenvalue weighted by Gasteiger charge is -2.18. The number of hydrogen-bond donors (Lipinski definition) is 1. The number of rotatable bonds is 7. The molecule has 0 bridgehead atoms. The van der Waals surface area contributed by atoms with Crippen LogP contribution in [0.3, 0.4) is 0 Å². The molecule has 1 N–H and O–H groups in total. The van der Waals surface area contributed by atoms with E-state index in [9.17, 15) is 8.42 Å². The highest BCUT2D eigenvalue weighted by molar-refractivity contribution is 7.89. The highest BCUT2D eigenvalue weighted by Gasteiger charge is 2.22. The topological polar surface area (TPSA) is 104 Å². The summed E-state index contributed by atoms with van der Waals surface area (Å²) in [6.45, 7) is 6.25. The van der Waals surface area contributed by atoms with Crippen molar-refractivity contribution in [2.24, 2.45) is 0 Å². The van der Waals surface area contributed by atoms with Gasteiger partial charge in [0.1, 0.15) is 16.4 Å². The molecule has 0 aliphatic heterocycles. The van der Waals surface area contributed by atoms with Crippen LogP contribution in [0, 0.1) is 0 Å². The summed E-state index contributed by atoms with van der Waals surface area (Å²) >= 11 is 0. The van der Waals surface area contributed by atoms with Crippen molar-refractivity contribution in [1.82, 2.24) is 14.9 Å². The molecule has 1 heterocycles. The smallest absolute Gasteiger partial charge is 0.244 e. The van der Waals surface area contributed by atoms with Gasteiger partial charge in [-0.3, -0.25) is 0 Å². The molecule has 3 rings (SSSR count). The maximum atomic E-state index is 12.7. The Morgan fingerprint density at radius 3 is 2.33 bits per heavy atom. The maximum Gasteiger partial charge on any atom is 0.244 e. The molecule has 8 nitrogen and oxygen atoms in total. The van der Waals surface area contributed by atoms with Crippen molar-refractivity contribution >= 4 is 10.0 Å². The summed E-state index contributed by atoms with van der Waals surface area (Å²) < 4.78 is 43.4. The van der Waals surface area contributed by atoms with Crippen LogP contribution in [-0.2, 0) is 22.0 Å². The quantitative estimate of drug-likeness (QED) is 0.610. The van der Waals surface area contributed by atoms with Crippen molar-refractivity contribution in [2.45, 2.75) is 37.6 Å². The first kappa shape index (κ1) is 21.8. The van der Waals surface area contributed by atoms with Crippen LogP contribution in [0.25, 0.3) is 11.4 Å². The second-order valence-corrected chi connectivity index (χ2v) is 9.42. The Hall–Kier alpha value is -2.91. The van der Waals surface area contributed by atoms with E-state index in [1.165, 1.54) is 31.9 Å². The predicted molar refractivity (Wildman–Crippen MR) is 112 cm³/mol. The van der Waals surface area contributed by atoms with Gasteiger partial charge in [0.05, 0.1) is 20.8 Å². The van der Waals surface area contributed by atoms with Gasteiger partial charge in [0, 0.05) is 11.6 Å². The largest absolute Gasteiger partial charge is 0.497 e. The van der Waals surface area contributed by atoms with Gasteiger partial charge in [-0.1, -0.05) is 50.2 Å². The molecule has 0 saturated heterocycles. The minimum atomic E-state index is -3.89. The highest BCUT2D eigenvalue weighted by atomic mass is 32.2. The van der Waals surface area contributed by atoms with Crippen LogP contribution in [0.2, 0.25) is 0 Å². The molecular weight excluding hydrogens is 406 g/mol. The maximum absolute atomic E-state index is 12.7. The third kappa shape index (κ3) is 4.80. The van der Waals surface area contributed by atoms with Gasteiger partial charge in [0.2, 0.25) is 21.7 Å². The number of ether oxygens (including phenoxy) is 2. The molecule has 0 aliphatic carbocycles. The number of methoxy groups -OCH3 is 2. The van der Waals surface area contributed by atoms with Crippen molar-refractivity contribution in [3.63, 3.8) is 0 Å². The average Bonchev–Trinajstić information content (AvgIpc) is 3.20. The average molecular weight is 432 g/mol. The fourth-order valence-corrected chi connectivity index (χ4v) is 3.95. The van der Waals surface area contributed by atoms with E-state index in [4.69, 9.17) is 14.0 Å². The van der Waals surface area contributed by atoms with E-state index in [2.05, 4.69) is 35.6 Å². The van der Waals surface area contributed by atoms with Gasteiger partial charge in [-0.25, -0.2) is 13.1 Å². The summed E-state index contributed by atoms with van der Waals surface area (Å²) in [6, 6.07) is 12.4. The molecule has 30 heavy (non-hydrogen) atoms. The highest BCUT2D eigenvalue weighted by Crippen LogP contribution is 2.28. The van der Waals surface area contributed by atoms with Crippen LogP contribution in [0.15, 0.2) is 51.9 Å². The van der Waals surface area contributed by atoms with Crippen LogP contribution in [-0.4, -0.2) is 32.8 Å². The molecule has 9 heteroatoms.